The molecule has 2 aromatic rings. The minimum absolute atomic E-state index is 0.349. The third kappa shape index (κ3) is 2.33. The number of hydrogen-bond acceptors (Lipinski definition) is 1. The predicted molar refractivity (Wildman–Crippen MR) is 68.4 cm³/mol. The van der Waals surface area contributed by atoms with Crippen LogP contribution in [0.5, 0.6) is 0 Å². The van der Waals surface area contributed by atoms with Crippen molar-refractivity contribution in [1.82, 2.24) is 4.57 Å². The summed E-state index contributed by atoms with van der Waals surface area (Å²) < 4.78 is 2.13. The fourth-order valence-corrected chi connectivity index (χ4v) is 1.94. The highest BCUT2D eigenvalue weighted by Gasteiger charge is 2.08. The lowest BCUT2D eigenvalue weighted by Crippen LogP contribution is -2.05. The number of carboxylic acids is 1. The molecule has 0 fully saturated rings. The maximum absolute atomic E-state index is 10.9. The Bertz CT molecular complexity index is 542. The largest absolute Gasteiger partial charge is 0.478 e. The van der Waals surface area contributed by atoms with Crippen molar-refractivity contribution in [2.24, 2.45) is 5.92 Å². The van der Waals surface area contributed by atoms with Crippen LogP contribution in [-0.4, -0.2) is 15.6 Å². The molecular weight excluding hydrogens is 214 g/mol. The van der Waals surface area contributed by atoms with Gasteiger partial charge in [-0.25, -0.2) is 4.79 Å². The third-order valence-corrected chi connectivity index (χ3v) is 3.23. The van der Waals surface area contributed by atoms with Gasteiger partial charge in [-0.2, -0.15) is 0 Å². The molecule has 0 aliphatic heterocycles. The number of nitrogens with zero attached hydrogens (tertiary/aromatic N) is 1. The molecule has 3 heteroatoms. The Morgan fingerprint density at radius 1 is 1.41 bits per heavy atom. The van der Waals surface area contributed by atoms with Gasteiger partial charge in [0, 0.05) is 18.3 Å². The van der Waals surface area contributed by atoms with Crippen LogP contribution >= 0.6 is 0 Å². The first-order valence-corrected chi connectivity index (χ1v) is 5.94. The van der Waals surface area contributed by atoms with E-state index in [1.54, 1.807) is 12.1 Å². The number of rotatable bonds is 4. The van der Waals surface area contributed by atoms with Gasteiger partial charge in [0.05, 0.1) is 5.56 Å². The summed E-state index contributed by atoms with van der Waals surface area (Å²) in [5, 5.41) is 10.1. The van der Waals surface area contributed by atoms with E-state index in [1.165, 1.54) is 0 Å². The van der Waals surface area contributed by atoms with Crippen LogP contribution in [0.2, 0.25) is 0 Å². The molecule has 1 unspecified atom stereocenters. The van der Waals surface area contributed by atoms with Gasteiger partial charge < -0.3 is 9.67 Å². The van der Waals surface area contributed by atoms with Gasteiger partial charge >= 0.3 is 5.97 Å². The maximum Gasteiger partial charge on any atom is 0.335 e. The second-order valence-corrected chi connectivity index (χ2v) is 4.56. The molecule has 1 atom stereocenters. The van der Waals surface area contributed by atoms with Crippen LogP contribution in [0, 0.1) is 5.92 Å². The van der Waals surface area contributed by atoms with Gasteiger partial charge in [-0.3, -0.25) is 0 Å². The number of aromatic carboxylic acids is 1. The van der Waals surface area contributed by atoms with E-state index in [9.17, 15) is 4.79 Å². The summed E-state index contributed by atoms with van der Waals surface area (Å²) in [6.45, 7) is 5.30. The van der Waals surface area contributed by atoms with Crippen LogP contribution in [0.15, 0.2) is 30.5 Å². The van der Waals surface area contributed by atoms with Crippen molar-refractivity contribution >= 4 is 16.9 Å². The van der Waals surface area contributed by atoms with Gasteiger partial charge in [0.2, 0.25) is 0 Å². The van der Waals surface area contributed by atoms with Crippen LogP contribution in [-0.2, 0) is 6.54 Å². The highest BCUT2D eigenvalue weighted by Crippen LogP contribution is 2.19. The smallest absolute Gasteiger partial charge is 0.335 e. The van der Waals surface area contributed by atoms with E-state index in [0.29, 0.717) is 11.5 Å². The van der Waals surface area contributed by atoms with Gasteiger partial charge in [-0.1, -0.05) is 26.3 Å². The van der Waals surface area contributed by atoms with Crippen LogP contribution in [0.3, 0.4) is 0 Å². The van der Waals surface area contributed by atoms with Crippen LogP contribution in [0.1, 0.15) is 30.6 Å². The molecule has 1 heterocycles. The summed E-state index contributed by atoms with van der Waals surface area (Å²) in [6, 6.07) is 7.30. The molecule has 2 rings (SSSR count). The summed E-state index contributed by atoms with van der Waals surface area (Å²) in [5.41, 5.74) is 1.35. The SMILES string of the molecule is CCC(C)Cn1ccc2ccc(C(=O)O)cc21. The Morgan fingerprint density at radius 2 is 2.18 bits per heavy atom. The molecule has 17 heavy (non-hydrogen) atoms. The van der Waals surface area contributed by atoms with Crippen molar-refractivity contribution in [3.63, 3.8) is 0 Å². The third-order valence-electron chi connectivity index (χ3n) is 3.23. The van der Waals surface area contributed by atoms with E-state index in [2.05, 4.69) is 18.4 Å². The molecule has 0 saturated carbocycles. The molecule has 0 aliphatic carbocycles. The van der Waals surface area contributed by atoms with E-state index in [4.69, 9.17) is 5.11 Å². The molecule has 0 amide bonds. The summed E-state index contributed by atoms with van der Waals surface area (Å²) in [4.78, 5) is 10.9. The van der Waals surface area contributed by atoms with Gasteiger partial charge in [0.15, 0.2) is 0 Å². The molecule has 3 nitrogen and oxygen atoms in total. The molecule has 1 N–H and O–H groups in total. The van der Waals surface area contributed by atoms with Crippen molar-refractivity contribution in [2.45, 2.75) is 26.8 Å². The van der Waals surface area contributed by atoms with E-state index in [1.807, 2.05) is 18.3 Å². The zero-order valence-electron chi connectivity index (χ0n) is 10.2. The molecule has 0 aliphatic rings. The normalized spacial score (nSPS) is 12.8. The van der Waals surface area contributed by atoms with Crippen LogP contribution < -0.4 is 0 Å². The minimum atomic E-state index is -0.872. The first-order valence-electron chi connectivity index (χ1n) is 5.94. The molecule has 0 saturated heterocycles. The number of aromatic nitrogens is 1. The summed E-state index contributed by atoms with van der Waals surface area (Å²) in [7, 11) is 0. The Balaban J connectivity index is 2.43. The lowest BCUT2D eigenvalue weighted by Gasteiger charge is -2.11. The number of fused-ring (bicyclic) bond motifs is 1. The first-order chi connectivity index (χ1) is 8.11. The number of carbonyl (C=O) groups is 1. The zero-order valence-corrected chi connectivity index (χ0v) is 10.2. The average molecular weight is 231 g/mol. The molecule has 0 radical (unpaired) electrons. The van der Waals surface area contributed by atoms with Crippen molar-refractivity contribution in [2.75, 3.05) is 0 Å². The second kappa shape index (κ2) is 4.62. The molecule has 0 bridgehead atoms. The Hall–Kier alpha value is -1.77. The molecular formula is C14H17NO2. The van der Waals surface area contributed by atoms with Crippen molar-refractivity contribution in [1.29, 1.82) is 0 Å². The Kier molecular flexibility index (Phi) is 3.18. The van der Waals surface area contributed by atoms with Crippen molar-refractivity contribution in [3.8, 4) is 0 Å². The topological polar surface area (TPSA) is 42.2 Å². The first kappa shape index (κ1) is 11.7. The van der Waals surface area contributed by atoms with Gasteiger partial charge in [-0.05, 0) is 29.5 Å². The standard InChI is InChI=1S/C14H17NO2/c1-3-10(2)9-15-7-6-11-4-5-12(14(16)17)8-13(11)15/h4-8,10H,3,9H2,1-2H3,(H,16,17). The maximum atomic E-state index is 10.9. The monoisotopic (exact) mass is 231 g/mol. The predicted octanol–water partition coefficient (Wildman–Crippen LogP) is 3.39. The highest BCUT2D eigenvalue weighted by molar-refractivity contribution is 5.93. The minimum Gasteiger partial charge on any atom is -0.478 e. The lowest BCUT2D eigenvalue weighted by atomic mass is 10.1. The van der Waals surface area contributed by atoms with Crippen LogP contribution in [0.4, 0.5) is 0 Å². The lowest BCUT2D eigenvalue weighted by molar-refractivity contribution is 0.0697. The zero-order chi connectivity index (χ0) is 12.4. The highest BCUT2D eigenvalue weighted by atomic mass is 16.4. The summed E-state index contributed by atoms with van der Waals surface area (Å²) in [6.07, 6.45) is 3.15. The van der Waals surface area contributed by atoms with E-state index in [-0.39, 0.29) is 0 Å². The van der Waals surface area contributed by atoms with Crippen molar-refractivity contribution in [3.05, 3.63) is 36.0 Å². The average Bonchev–Trinajstić information content (AvgIpc) is 2.71. The van der Waals surface area contributed by atoms with E-state index < -0.39 is 5.97 Å². The summed E-state index contributed by atoms with van der Waals surface area (Å²) >= 11 is 0. The quantitative estimate of drug-likeness (QED) is 0.876. The second-order valence-electron chi connectivity index (χ2n) is 4.56. The van der Waals surface area contributed by atoms with Gasteiger partial charge in [0.25, 0.3) is 0 Å². The number of hydrogen-bond donors (Lipinski definition) is 1. The number of carboxylic acid groups (broad SMARTS) is 1. The van der Waals surface area contributed by atoms with Crippen molar-refractivity contribution < 1.29 is 9.90 Å². The van der Waals surface area contributed by atoms with Crippen LogP contribution in [0.25, 0.3) is 10.9 Å². The summed E-state index contributed by atoms with van der Waals surface area (Å²) in [5.74, 6) is -0.276. The molecule has 1 aromatic carbocycles. The Morgan fingerprint density at radius 3 is 2.82 bits per heavy atom. The molecule has 90 valence electrons. The fourth-order valence-electron chi connectivity index (χ4n) is 1.94. The number of benzene rings is 1. The van der Waals surface area contributed by atoms with Gasteiger partial charge in [0.1, 0.15) is 0 Å². The molecule has 1 aromatic heterocycles. The van der Waals surface area contributed by atoms with Gasteiger partial charge in [-0.15, -0.1) is 0 Å². The van der Waals surface area contributed by atoms with E-state index in [0.717, 1.165) is 23.9 Å². The fraction of sp³-hybridized carbons (Fsp3) is 0.357. The Labute approximate surface area is 101 Å². The van der Waals surface area contributed by atoms with E-state index >= 15 is 0 Å². The molecule has 0 spiro atoms.